The third-order valence-corrected chi connectivity index (χ3v) is 4.86. The maximum absolute atomic E-state index is 9.49. The second-order valence-electron chi connectivity index (χ2n) is 6.13. The van der Waals surface area contributed by atoms with Crippen LogP contribution in [-0.2, 0) is 4.74 Å². The summed E-state index contributed by atoms with van der Waals surface area (Å²) >= 11 is 0. The van der Waals surface area contributed by atoms with Crippen LogP contribution in [0.5, 0.6) is 0 Å². The van der Waals surface area contributed by atoms with E-state index < -0.39 is 0 Å². The van der Waals surface area contributed by atoms with Crippen molar-refractivity contribution in [2.75, 3.05) is 6.61 Å². The van der Waals surface area contributed by atoms with Crippen molar-refractivity contribution >= 4 is 0 Å². The van der Waals surface area contributed by atoms with Crippen LogP contribution >= 0.6 is 0 Å². The van der Waals surface area contributed by atoms with E-state index in [9.17, 15) is 5.11 Å². The summed E-state index contributed by atoms with van der Waals surface area (Å²) in [4.78, 5) is 0. The number of hydrogen-bond donors (Lipinski definition) is 1. The minimum Gasteiger partial charge on any atom is -0.391 e. The van der Waals surface area contributed by atoms with Gasteiger partial charge in [-0.2, -0.15) is 0 Å². The molecule has 0 radical (unpaired) electrons. The van der Waals surface area contributed by atoms with E-state index in [1.54, 1.807) is 0 Å². The fraction of sp³-hybridized carbons (Fsp3) is 0.647. The molecule has 2 unspecified atom stereocenters. The average molecular weight is 260 g/mol. The number of benzene rings is 1. The van der Waals surface area contributed by atoms with Crippen LogP contribution < -0.4 is 0 Å². The van der Waals surface area contributed by atoms with Crippen LogP contribution in [0.2, 0.25) is 0 Å². The minimum absolute atomic E-state index is 0.225. The van der Waals surface area contributed by atoms with Crippen LogP contribution in [0.25, 0.3) is 0 Å². The van der Waals surface area contributed by atoms with Crippen LogP contribution in [0.15, 0.2) is 30.3 Å². The maximum atomic E-state index is 9.49. The third kappa shape index (κ3) is 3.18. The molecule has 1 saturated heterocycles. The highest BCUT2D eigenvalue weighted by Crippen LogP contribution is 2.39. The van der Waals surface area contributed by atoms with Crippen molar-refractivity contribution in [1.82, 2.24) is 0 Å². The van der Waals surface area contributed by atoms with Crippen LogP contribution in [0.4, 0.5) is 0 Å². The second-order valence-corrected chi connectivity index (χ2v) is 6.13. The lowest BCUT2D eigenvalue weighted by molar-refractivity contribution is -0.0845. The molecule has 1 aliphatic carbocycles. The Balaban J connectivity index is 1.52. The van der Waals surface area contributed by atoms with Gasteiger partial charge in [0, 0.05) is 0 Å². The normalized spacial score (nSPS) is 36.1. The number of aliphatic hydroxyl groups is 1. The van der Waals surface area contributed by atoms with Gasteiger partial charge in [0.2, 0.25) is 0 Å². The molecule has 1 N–H and O–H groups in total. The Morgan fingerprint density at radius 1 is 0.895 bits per heavy atom. The molecule has 2 heteroatoms. The molecule has 2 fully saturated rings. The summed E-state index contributed by atoms with van der Waals surface area (Å²) in [5.74, 6) is 1.46. The molecule has 2 nitrogen and oxygen atoms in total. The molecule has 1 saturated carbocycles. The fourth-order valence-electron chi connectivity index (χ4n) is 3.68. The Morgan fingerprint density at radius 2 is 1.63 bits per heavy atom. The highest BCUT2D eigenvalue weighted by Gasteiger charge is 2.31. The monoisotopic (exact) mass is 260 g/mol. The Labute approximate surface area is 115 Å². The molecule has 0 amide bonds. The van der Waals surface area contributed by atoms with Gasteiger partial charge in [-0.25, -0.2) is 0 Å². The standard InChI is InChI=1S/C17H24O2/c18-16-10-11-17(19-12-16)15-8-6-14(7-9-15)13-4-2-1-3-5-13/h1-5,14-18H,6-12H2. The van der Waals surface area contributed by atoms with Crippen molar-refractivity contribution in [3.63, 3.8) is 0 Å². The van der Waals surface area contributed by atoms with Crippen LogP contribution in [0.1, 0.15) is 50.0 Å². The molecule has 3 rings (SSSR count). The summed E-state index contributed by atoms with van der Waals surface area (Å²) in [5, 5.41) is 9.49. The van der Waals surface area contributed by atoms with Crippen LogP contribution in [0.3, 0.4) is 0 Å². The number of hydrogen-bond acceptors (Lipinski definition) is 2. The molecule has 0 aromatic heterocycles. The lowest BCUT2D eigenvalue weighted by Crippen LogP contribution is -2.35. The highest BCUT2D eigenvalue weighted by molar-refractivity contribution is 5.19. The number of rotatable bonds is 2. The number of ether oxygens (including phenoxy) is 1. The zero-order chi connectivity index (χ0) is 13.1. The van der Waals surface area contributed by atoms with Crippen molar-refractivity contribution in [2.45, 2.75) is 56.7 Å². The first-order valence-corrected chi connectivity index (χ1v) is 7.67. The minimum atomic E-state index is -0.225. The van der Waals surface area contributed by atoms with E-state index in [-0.39, 0.29) is 6.10 Å². The van der Waals surface area contributed by atoms with Gasteiger partial charge in [-0.15, -0.1) is 0 Å². The van der Waals surface area contributed by atoms with E-state index in [1.807, 2.05) is 0 Å². The molecule has 0 bridgehead atoms. The van der Waals surface area contributed by atoms with E-state index in [2.05, 4.69) is 30.3 Å². The van der Waals surface area contributed by atoms with Gasteiger partial charge in [0.25, 0.3) is 0 Å². The van der Waals surface area contributed by atoms with Gasteiger partial charge in [-0.05, 0) is 55.9 Å². The van der Waals surface area contributed by atoms with E-state index in [0.717, 1.165) is 18.8 Å². The first-order chi connectivity index (χ1) is 9.33. The van der Waals surface area contributed by atoms with Gasteiger partial charge in [-0.3, -0.25) is 0 Å². The largest absolute Gasteiger partial charge is 0.391 e. The molecular formula is C17H24O2. The smallest absolute Gasteiger partial charge is 0.0774 e. The van der Waals surface area contributed by atoms with Crippen molar-refractivity contribution in [3.8, 4) is 0 Å². The van der Waals surface area contributed by atoms with Gasteiger partial charge in [0.15, 0.2) is 0 Å². The molecule has 1 heterocycles. The van der Waals surface area contributed by atoms with E-state index in [0.29, 0.717) is 18.6 Å². The van der Waals surface area contributed by atoms with Gasteiger partial charge in [-0.1, -0.05) is 30.3 Å². The predicted octanol–water partition coefficient (Wildman–Crippen LogP) is 3.50. The van der Waals surface area contributed by atoms with Crippen molar-refractivity contribution in [3.05, 3.63) is 35.9 Å². The average Bonchev–Trinajstić information content (AvgIpc) is 2.49. The molecule has 2 atom stereocenters. The number of aliphatic hydroxyl groups excluding tert-OH is 1. The molecule has 19 heavy (non-hydrogen) atoms. The fourth-order valence-corrected chi connectivity index (χ4v) is 3.68. The Morgan fingerprint density at radius 3 is 2.26 bits per heavy atom. The molecule has 1 aromatic carbocycles. The van der Waals surface area contributed by atoms with Crippen LogP contribution in [0, 0.1) is 5.92 Å². The van der Waals surface area contributed by atoms with Gasteiger partial charge < -0.3 is 9.84 Å². The van der Waals surface area contributed by atoms with Crippen molar-refractivity contribution < 1.29 is 9.84 Å². The third-order valence-electron chi connectivity index (χ3n) is 4.86. The Kier molecular flexibility index (Phi) is 4.19. The van der Waals surface area contributed by atoms with Crippen molar-refractivity contribution in [1.29, 1.82) is 0 Å². The van der Waals surface area contributed by atoms with E-state index in [1.165, 1.54) is 31.2 Å². The molecule has 104 valence electrons. The second kappa shape index (κ2) is 6.06. The molecular weight excluding hydrogens is 236 g/mol. The first-order valence-electron chi connectivity index (χ1n) is 7.67. The van der Waals surface area contributed by atoms with Gasteiger partial charge in [0.1, 0.15) is 0 Å². The zero-order valence-corrected chi connectivity index (χ0v) is 11.5. The highest BCUT2D eigenvalue weighted by atomic mass is 16.5. The zero-order valence-electron chi connectivity index (χ0n) is 11.5. The molecule has 2 aliphatic rings. The van der Waals surface area contributed by atoms with Crippen molar-refractivity contribution in [2.24, 2.45) is 5.92 Å². The van der Waals surface area contributed by atoms with Crippen LogP contribution in [-0.4, -0.2) is 23.9 Å². The Hall–Kier alpha value is -0.860. The van der Waals surface area contributed by atoms with Gasteiger partial charge in [0.05, 0.1) is 18.8 Å². The van der Waals surface area contributed by atoms with E-state index >= 15 is 0 Å². The Bertz CT molecular complexity index is 374. The molecule has 1 aromatic rings. The topological polar surface area (TPSA) is 29.5 Å². The quantitative estimate of drug-likeness (QED) is 0.882. The summed E-state index contributed by atoms with van der Waals surface area (Å²) in [7, 11) is 0. The summed E-state index contributed by atoms with van der Waals surface area (Å²) in [6.07, 6.45) is 7.27. The summed E-state index contributed by atoms with van der Waals surface area (Å²) in [5.41, 5.74) is 1.50. The summed E-state index contributed by atoms with van der Waals surface area (Å²) in [6, 6.07) is 10.9. The lowest BCUT2D eigenvalue weighted by Gasteiger charge is -2.37. The molecule has 1 aliphatic heterocycles. The summed E-state index contributed by atoms with van der Waals surface area (Å²) < 4.78 is 5.82. The SMILES string of the molecule is OC1CCC(C2CCC(c3ccccc3)CC2)OC1. The molecule has 0 spiro atoms. The van der Waals surface area contributed by atoms with Gasteiger partial charge >= 0.3 is 0 Å². The predicted molar refractivity (Wildman–Crippen MR) is 76.1 cm³/mol. The summed E-state index contributed by atoms with van der Waals surface area (Å²) in [6.45, 7) is 0.545. The first kappa shape index (κ1) is 13.1. The lowest BCUT2D eigenvalue weighted by atomic mass is 9.75. The van der Waals surface area contributed by atoms with E-state index in [4.69, 9.17) is 4.74 Å². The maximum Gasteiger partial charge on any atom is 0.0774 e.